The average Bonchev–Trinajstić information content (AvgIpc) is 2.83. The van der Waals surface area contributed by atoms with E-state index in [4.69, 9.17) is 5.11 Å². The first-order valence-electron chi connectivity index (χ1n) is 6.20. The van der Waals surface area contributed by atoms with E-state index < -0.39 is 5.97 Å². The number of nitrogens with zero attached hydrogens (tertiary/aromatic N) is 4. The zero-order chi connectivity index (χ0) is 13.8. The van der Waals surface area contributed by atoms with Crippen LogP contribution in [0, 0.1) is 0 Å². The monoisotopic (exact) mass is 267 g/mol. The van der Waals surface area contributed by atoms with Gasteiger partial charge < -0.3 is 19.9 Å². The molecule has 8 nitrogen and oxygen atoms in total. The second-order valence-corrected chi connectivity index (χ2v) is 4.65. The van der Waals surface area contributed by atoms with E-state index in [0.29, 0.717) is 26.1 Å². The maximum Gasteiger partial charge on any atom is 0.318 e. The van der Waals surface area contributed by atoms with Gasteiger partial charge in [0.1, 0.15) is 6.33 Å². The number of rotatable bonds is 4. The number of hydrogen-bond donors (Lipinski definition) is 2. The number of fused-ring (bicyclic) bond motifs is 1. The molecule has 2 rings (SSSR count). The minimum atomic E-state index is -0.854. The number of aliphatic carboxylic acids is 1. The summed E-state index contributed by atoms with van der Waals surface area (Å²) >= 11 is 0. The zero-order valence-electron chi connectivity index (χ0n) is 10.7. The molecular weight excluding hydrogens is 250 g/mol. The summed E-state index contributed by atoms with van der Waals surface area (Å²) in [5.74, 6) is -0.0910. The van der Waals surface area contributed by atoms with E-state index in [2.05, 4.69) is 15.5 Å². The summed E-state index contributed by atoms with van der Waals surface area (Å²) in [6.45, 7) is 3.51. The van der Waals surface area contributed by atoms with Gasteiger partial charge in [0.2, 0.25) is 0 Å². The van der Waals surface area contributed by atoms with Crippen molar-refractivity contribution in [2.24, 2.45) is 0 Å². The molecule has 1 unspecified atom stereocenters. The molecule has 19 heavy (non-hydrogen) atoms. The summed E-state index contributed by atoms with van der Waals surface area (Å²) < 4.78 is 1.91. The molecule has 0 spiro atoms. The molecule has 0 aliphatic carbocycles. The van der Waals surface area contributed by atoms with Crippen LogP contribution in [0.2, 0.25) is 0 Å². The molecule has 8 heteroatoms. The Labute approximate surface area is 110 Å². The highest BCUT2D eigenvalue weighted by atomic mass is 16.4. The number of carbonyl (C=O) groups is 2. The first-order valence-corrected chi connectivity index (χ1v) is 6.20. The van der Waals surface area contributed by atoms with E-state index in [1.165, 1.54) is 0 Å². The molecule has 0 saturated carbocycles. The van der Waals surface area contributed by atoms with E-state index >= 15 is 0 Å². The van der Waals surface area contributed by atoms with E-state index in [1.54, 1.807) is 18.2 Å². The van der Waals surface area contributed by atoms with Crippen LogP contribution in [0.5, 0.6) is 0 Å². The molecule has 0 aromatic carbocycles. The normalized spacial score (nSPS) is 15.7. The minimum absolute atomic E-state index is 0.0514. The Morgan fingerprint density at radius 1 is 1.53 bits per heavy atom. The lowest BCUT2D eigenvalue weighted by atomic mass is 10.2. The summed E-state index contributed by atoms with van der Waals surface area (Å²) in [6, 6.07) is -0.351. The molecule has 2 amide bonds. The lowest BCUT2D eigenvalue weighted by Crippen LogP contribution is -2.47. The van der Waals surface area contributed by atoms with Crippen molar-refractivity contribution < 1.29 is 14.7 Å². The van der Waals surface area contributed by atoms with Crippen molar-refractivity contribution in [1.29, 1.82) is 0 Å². The fourth-order valence-electron chi connectivity index (χ4n) is 1.95. The smallest absolute Gasteiger partial charge is 0.318 e. The van der Waals surface area contributed by atoms with E-state index in [-0.39, 0.29) is 18.5 Å². The minimum Gasteiger partial charge on any atom is -0.481 e. The van der Waals surface area contributed by atoms with Gasteiger partial charge in [-0.1, -0.05) is 0 Å². The Hall–Kier alpha value is -2.12. The quantitative estimate of drug-likeness (QED) is 0.803. The van der Waals surface area contributed by atoms with E-state index in [9.17, 15) is 9.59 Å². The Morgan fingerprint density at radius 2 is 2.32 bits per heavy atom. The predicted octanol–water partition coefficient (Wildman–Crippen LogP) is 0.0566. The molecule has 0 saturated heterocycles. The van der Waals surface area contributed by atoms with Crippen molar-refractivity contribution in [3.05, 3.63) is 12.2 Å². The molecule has 0 radical (unpaired) electrons. The van der Waals surface area contributed by atoms with Crippen molar-refractivity contribution in [3.63, 3.8) is 0 Å². The molecule has 1 aliphatic heterocycles. The summed E-state index contributed by atoms with van der Waals surface area (Å²) in [4.78, 5) is 24.1. The maximum absolute atomic E-state index is 12.0. The third-order valence-electron chi connectivity index (χ3n) is 3.09. The molecular formula is C11H17N5O3. The zero-order valence-corrected chi connectivity index (χ0v) is 10.7. The topological polar surface area (TPSA) is 100 Å². The fourth-order valence-corrected chi connectivity index (χ4v) is 1.95. The summed E-state index contributed by atoms with van der Waals surface area (Å²) in [6.07, 6.45) is 2.13. The van der Waals surface area contributed by atoms with Crippen LogP contribution >= 0.6 is 0 Å². The molecule has 104 valence electrons. The van der Waals surface area contributed by atoms with Crippen LogP contribution in [-0.2, 0) is 17.9 Å². The summed E-state index contributed by atoms with van der Waals surface area (Å²) in [5, 5.41) is 19.1. The third kappa shape index (κ3) is 3.43. The fraction of sp³-hybridized carbons (Fsp3) is 0.636. The summed E-state index contributed by atoms with van der Waals surface area (Å²) in [7, 11) is 0. The van der Waals surface area contributed by atoms with Crippen LogP contribution in [-0.4, -0.2) is 49.4 Å². The second-order valence-electron chi connectivity index (χ2n) is 4.65. The van der Waals surface area contributed by atoms with Crippen molar-refractivity contribution >= 4 is 12.0 Å². The standard InChI is InChI=1S/C11H17N5O3/c1-8(2-3-10(17)18)13-11(19)15-4-5-16-7-12-14-9(16)6-15/h7-8H,2-6H2,1H3,(H,13,19)(H,17,18). The lowest BCUT2D eigenvalue weighted by molar-refractivity contribution is -0.137. The van der Waals surface area contributed by atoms with Gasteiger partial charge in [-0.25, -0.2) is 4.79 Å². The number of aromatic nitrogens is 3. The molecule has 1 aliphatic rings. The molecule has 1 atom stereocenters. The number of amides is 2. The van der Waals surface area contributed by atoms with Crippen molar-refractivity contribution in [1.82, 2.24) is 25.0 Å². The molecule has 1 aromatic rings. The first kappa shape index (κ1) is 13.3. The van der Waals surface area contributed by atoms with Gasteiger partial charge in [0.15, 0.2) is 5.82 Å². The predicted molar refractivity (Wildman–Crippen MR) is 65.3 cm³/mol. The first-order chi connectivity index (χ1) is 9.06. The van der Waals surface area contributed by atoms with Gasteiger partial charge in [0, 0.05) is 25.6 Å². The molecule has 2 N–H and O–H groups in total. The number of hydrogen-bond acceptors (Lipinski definition) is 4. The van der Waals surface area contributed by atoms with E-state index in [0.717, 1.165) is 5.82 Å². The Balaban J connectivity index is 1.83. The Morgan fingerprint density at radius 3 is 3.05 bits per heavy atom. The van der Waals surface area contributed by atoms with Gasteiger partial charge in [0.05, 0.1) is 6.54 Å². The highest BCUT2D eigenvalue weighted by Gasteiger charge is 2.22. The van der Waals surface area contributed by atoms with Gasteiger partial charge in [-0.3, -0.25) is 4.79 Å². The SMILES string of the molecule is CC(CCC(=O)O)NC(=O)N1CCn2cnnc2C1. The second kappa shape index (κ2) is 5.68. The lowest BCUT2D eigenvalue weighted by Gasteiger charge is -2.28. The maximum atomic E-state index is 12.0. The Kier molecular flexibility index (Phi) is 3.98. The molecule has 0 fully saturated rings. The van der Waals surface area contributed by atoms with Crippen LogP contribution in [0.15, 0.2) is 6.33 Å². The van der Waals surface area contributed by atoms with Crippen LogP contribution in [0.1, 0.15) is 25.6 Å². The molecule has 2 heterocycles. The number of urea groups is 1. The van der Waals surface area contributed by atoms with Gasteiger partial charge in [0.25, 0.3) is 0 Å². The van der Waals surface area contributed by atoms with Crippen LogP contribution in [0.4, 0.5) is 4.79 Å². The number of carbonyl (C=O) groups excluding carboxylic acids is 1. The average molecular weight is 267 g/mol. The van der Waals surface area contributed by atoms with Crippen molar-refractivity contribution in [2.75, 3.05) is 6.54 Å². The number of nitrogens with one attached hydrogen (secondary N) is 1. The highest BCUT2D eigenvalue weighted by molar-refractivity contribution is 5.74. The largest absolute Gasteiger partial charge is 0.481 e. The van der Waals surface area contributed by atoms with Gasteiger partial charge in [-0.05, 0) is 13.3 Å². The van der Waals surface area contributed by atoms with E-state index in [1.807, 2.05) is 4.57 Å². The number of carboxylic acids is 1. The molecule has 0 bridgehead atoms. The van der Waals surface area contributed by atoms with Crippen LogP contribution < -0.4 is 5.32 Å². The Bertz CT molecular complexity index is 473. The highest BCUT2D eigenvalue weighted by Crippen LogP contribution is 2.09. The number of carboxylic acid groups (broad SMARTS) is 1. The van der Waals surface area contributed by atoms with Crippen LogP contribution in [0.25, 0.3) is 0 Å². The summed E-state index contributed by atoms with van der Waals surface area (Å²) in [5.41, 5.74) is 0. The van der Waals surface area contributed by atoms with Gasteiger partial charge in [-0.15, -0.1) is 10.2 Å². The van der Waals surface area contributed by atoms with Crippen molar-refractivity contribution in [3.8, 4) is 0 Å². The van der Waals surface area contributed by atoms with Gasteiger partial charge in [-0.2, -0.15) is 0 Å². The third-order valence-corrected chi connectivity index (χ3v) is 3.09. The van der Waals surface area contributed by atoms with Crippen LogP contribution in [0.3, 0.4) is 0 Å². The van der Waals surface area contributed by atoms with Crippen molar-refractivity contribution in [2.45, 2.75) is 38.9 Å². The van der Waals surface area contributed by atoms with Gasteiger partial charge >= 0.3 is 12.0 Å². The molecule has 1 aromatic heterocycles.